The summed E-state index contributed by atoms with van der Waals surface area (Å²) in [4.78, 5) is 0. The molecule has 0 aromatic heterocycles. The molecular formula is C34H28. The Kier molecular flexibility index (Phi) is 6.23. The predicted molar refractivity (Wildman–Crippen MR) is 148 cm³/mol. The summed E-state index contributed by atoms with van der Waals surface area (Å²) in [7, 11) is 0. The van der Waals surface area contributed by atoms with E-state index in [4.69, 9.17) is 0 Å². The Morgan fingerprint density at radius 1 is 0.353 bits per heavy atom. The predicted octanol–water partition coefficient (Wildman–Crippen LogP) is 9.34. The summed E-state index contributed by atoms with van der Waals surface area (Å²) in [6.45, 7) is 4.50. The van der Waals surface area contributed by atoms with Crippen molar-refractivity contribution >= 4 is 23.3 Å². The van der Waals surface area contributed by atoms with Crippen molar-refractivity contribution in [1.29, 1.82) is 0 Å². The molecule has 0 saturated heterocycles. The highest BCUT2D eigenvalue weighted by atomic mass is 14.2. The molecule has 0 saturated carbocycles. The molecule has 0 amide bonds. The second-order valence-electron chi connectivity index (χ2n) is 8.66. The van der Waals surface area contributed by atoms with E-state index in [2.05, 4.69) is 147 Å². The van der Waals surface area contributed by atoms with Crippen LogP contribution in [0.25, 0.3) is 34.4 Å². The van der Waals surface area contributed by atoms with Crippen molar-refractivity contribution in [3.8, 4) is 11.1 Å². The highest BCUT2D eigenvalue weighted by molar-refractivity contribution is 5.96. The van der Waals surface area contributed by atoms with E-state index in [9.17, 15) is 0 Å². The van der Waals surface area contributed by atoms with E-state index < -0.39 is 0 Å². The molecule has 0 N–H and O–H groups in total. The number of hydrogen-bond acceptors (Lipinski definition) is 0. The van der Waals surface area contributed by atoms with Gasteiger partial charge < -0.3 is 0 Å². The lowest BCUT2D eigenvalue weighted by Crippen LogP contribution is -2.01. The first kappa shape index (κ1) is 21.7. The summed E-state index contributed by atoms with van der Waals surface area (Å²) in [5.41, 5.74) is 12.6. The normalized spacial score (nSPS) is 17.9. The second kappa shape index (κ2) is 9.77. The van der Waals surface area contributed by atoms with Gasteiger partial charge in [-0.05, 0) is 69.5 Å². The summed E-state index contributed by atoms with van der Waals surface area (Å²) in [6, 6.07) is 38.6. The lowest BCUT2D eigenvalue weighted by Gasteiger charge is -2.23. The van der Waals surface area contributed by atoms with E-state index in [0.717, 1.165) is 0 Å². The molecule has 0 nitrogen and oxygen atoms in total. The van der Waals surface area contributed by atoms with Crippen LogP contribution >= 0.6 is 0 Å². The molecule has 0 atom stereocenters. The first-order chi connectivity index (χ1) is 16.7. The van der Waals surface area contributed by atoms with Crippen LogP contribution in [0, 0.1) is 0 Å². The van der Waals surface area contributed by atoms with Gasteiger partial charge in [0.25, 0.3) is 0 Å². The zero-order valence-electron chi connectivity index (χ0n) is 19.7. The summed E-state index contributed by atoms with van der Waals surface area (Å²) in [5.74, 6) is 0. The molecule has 0 fully saturated rings. The molecule has 0 radical (unpaired) electrons. The van der Waals surface area contributed by atoms with Crippen molar-refractivity contribution < 1.29 is 0 Å². The lowest BCUT2D eigenvalue weighted by atomic mass is 9.81. The summed E-state index contributed by atoms with van der Waals surface area (Å²) in [5, 5.41) is 0. The van der Waals surface area contributed by atoms with E-state index in [-0.39, 0.29) is 0 Å². The molecule has 164 valence electrons. The minimum absolute atomic E-state index is 1.20. The maximum Gasteiger partial charge on any atom is -0.0102 e. The largest absolute Gasteiger partial charge is 0.0622 e. The third kappa shape index (κ3) is 4.36. The minimum atomic E-state index is 1.20. The maximum atomic E-state index is 2.28. The molecule has 4 aromatic rings. The van der Waals surface area contributed by atoms with Crippen molar-refractivity contribution in [1.82, 2.24) is 0 Å². The summed E-state index contributed by atoms with van der Waals surface area (Å²) >= 11 is 0. The molecule has 0 unspecified atom stereocenters. The molecular weight excluding hydrogens is 408 g/mol. The van der Waals surface area contributed by atoms with Crippen molar-refractivity contribution in [3.05, 3.63) is 155 Å². The summed E-state index contributed by atoms with van der Waals surface area (Å²) < 4.78 is 0. The Labute approximate surface area is 202 Å². The highest BCUT2D eigenvalue weighted by Gasteiger charge is 2.19. The van der Waals surface area contributed by atoms with Gasteiger partial charge in [-0.1, -0.05) is 133 Å². The van der Waals surface area contributed by atoms with Crippen LogP contribution in [0.4, 0.5) is 0 Å². The average Bonchev–Trinajstić information content (AvgIpc) is 2.90. The summed E-state index contributed by atoms with van der Waals surface area (Å²) in [6.07, 6.45) is 9.00. The van der Waals surface area contributed by atoms with Crippen LogP contribution in [0.15, 0.2) is 132 Å². The molecule has 0 heterocycles. The van der Waals surface area contributed by atoms with Gasteiger partial charge in [-0.25, -0.2) is 0 Å². The quantitative estimate of drug-likeness (QED) is 0.299. The van der Waals surface area contributed by atoms with Crippen molar-refractivity contribution in [2.45, 2.75) is 13.8 Å². The van der Waals surface area contributed by atoms with Crippen LogP contribution in [0.1, 0.15) is 36.1 Å². The van der Waals surface area contributed by atoms with E-state index in [1.807, 2.05) is 0 Å². The van der Waals surface area contributed by atoms with Gasteiger partial charge in [0, 0.05) is 0 Å². The van der Waals surface area contributed by atoms with E-state index in [0.29, 0.717) is 0 Å². The van der Waals surface area contributed by atoms with E-state index in [1.54, 1.807) is 0 Å². The van der Waals surface area contributed by atoms with Crippen LogP contribution in [0.5, 0.6) is 0 Å². The molecule has 34 heavy (non-hydrogen) atoms. The standard InChI is InChI=1S/C34H28/c1-25-29-17-9-11-19-33(29)34-20-12-10-18-30(34)26(2)32(24-22-28-15-7-4-8-16-28)31(25)23-21-27-13-5-3-6-14-27/h3-24H,1-2H3/b23-21+,24-22+,29-25?,30-26?,31-25-,32-26-,32-31?,34-33?. The van der Waals surface area contributed by atoms with Crippen molar-refractivity contribution in [2.75, 3.05) is 0 Å². The zero-order chi connectivity index (χ0) is 23.3. The van der Waals surface area contributed by atoms with Gasteiger partial charge in [0.1, 0.15) is 0 Å². The average molecular weight is 437 g/mol. The van der Waals surface area contributed by atoms with Crippen molar-refractivity contribution in [2.24, 2.45) is 0 Å². The van der Waals surface area contributed by atoms with Crippen LogP contribution in [0.2, 0.25) is 0 Å². The van der Waals surface area contributed by atoms with Crippen LogP contribution in [-0.4, -0.2) is 0 Å². The van der Waals surface area contributed by atoms with Crippen LogP contribution in [-0.2, 0) is 0 Å². The van der Waals surface area contributed by atoms with Crippen molar-refractivity contribution in [3.63, 3.8) is 0 Å². The van der Waals surface area contributed by atoms with Crippen LogP contribution < -0.4 is 0 Å². The Balaban J connectivity index is 1.77. The van der Waals surface area contributed by atoms with Gasteiger partial charge in [0.15, 0.2) is 0 Å². The van der Waals surface area contributed by atoms with E-state index in [1.165, 1.54) is 55.7 Å². The molecule has 0 spiro atoms. The Morgan fingerprint density at radius 2 is 0.676 bits per heavy atom. The fourth-order valence-corrected chi connectivity index (χ4v) is 4.70. The maximum absolute atomic E-state index is 2.28. The smallest absolute Gasteiger partial charge is 0.0102 e. The molecule has 1 aliphatic rings. The van der Waals surface area contributed by atoms with Gasteiger partial charge in [-0.3, -0.25) is 0 Å². The molecule has 0 aliphatic heterocycles. The molecule has 4 aromatic carbocycles. The number of benzene rings is 4. The fraction of sp³-hybridized carbons (Fsp3) is 0.0588. The van der Waals surface area contributed by atoms with Gasteiger partial charge in [0.2, 0.25) is 0 Å². The number of allylic oxidation sites excluding steroid dienone is 6. The lowest BCUT2D eigenvalue weighted by molar-refractivity contribution is 1.42. The number of fused-ring (bicyclic) bond motifs is 3. The minimum Gasteiger partial charge on any atom is -0.0622 e. The number of rotatable bonds is 4. The number of hydrogen-bond donors (Lipinski definition) is 0. The zero-order valence-corrected chi connectivity index (χ0v) is 19.7. The molecule has 0 bridgehead atoms. The molecule has 1 aliphatic carbocycles. The fourth-order valence-electron chi connectivity index (χ4n) is 4.70. The van der Waals surface area contributed by atoms with E-state index >= 15 is 0 Å². The first-order valence-electron chi connectivity index (χ1n) is 11.8. The first-order valence-corrected chi connectivity index (χ1v) is 11.8. The third-order valence-corrected chi connectivity index (χ3v) is 6.53. The van der Waals surface area contributed by atoms with Gasteiger partial charge in [-0.2, -0.15) is 0 Å². The Hall–Kier alpha value is -4.16. The van der Waals surface area contributed by atoms with Gasteiger partial charge >= 0.3 is 0 Å². The SMILES string of the molecule is C/C1=C(\C=C\c2ccccc2)C(/C=C/c2ccccc2)=C(/C)c2ccccc2-c2ccccc21. The second-order valence-corrected chi connectivity index (χ2v) is 8.66. The third-order valence-electron chi connectivity index (χ3n) is 6.53. The van der Waals surface area contributed by atoms with Gasteiger partial charge in [0.05, 0.1) is 0 Å². The van der Waals surface area contributed by atoms with Gasteiger partial charge in [-0.15, -0.1) is 0 Å². The molecule has 0 heteroatoms. The Bertz CT molecular complexity index is 1310. The highest BCUT2D eigenvalue weighted by Crippen LogP contribution is 2.42. The topological polar surface area (TPSA) is 0 Å². The monoisotopic (exact) mass is 436 g/mol. The van der Waals surface area contributed by atoms with Crippen LogP contribution in [0.3, 0.4) is 0 Å². The Morgan fingerprint density at radius 3 is 1.06 bits per heavy atom. The molecule has 5 rings (SSSR count).